The van der Waals surface area contributed by atoms with Crippen LogP contribution in [0.1, 0.15) is 26.2 Å². The van der Waals surface area contributed by atoms with E-state index in [-0.39, 0.29) is 0 Å². The van der Waals surface area contributed by atoms with Crippen molar-refractivity contribution < 1.29 is 5.11 Å². The molecule has 3 aliphatic carbocycles. The second kappa shape index (κ2) is 2.34. The largest absolute Gasteiger partial charge is 0.387 e. The Morgan fingerprint density at radius 1 is 1.36 bits per heavy atom. The molecule has 0 aromatic carbocycles. The van der Waals surface area contributed by atoms with Crippen molar-refractivity contribution in [3.63, 3.8) is 0 Å². The zero-order chi connectivity index (χ0) is 10.1. The number of hydrogen-bond donors (Lipinski definition) is 3. The number of rotatable bonds is 1. The maximum Gasteiger partial charge on any atom is 0.0950 e. The van der Waals surface area contributed by atoms with Gasteiger partial charge in [0.05, 0.1) is 5.60 Å². The maximum absolute atomic E-state index is 10.5. The van der Waals surface area contributed by atoms with E-state index in [9.17, 15) is 5.11 Å². The molecule has 3 aliphatic rings. The van der Waals surface area contributed by atoms with Crippen LogP contribution in [0.3, 0.4) is 0 Å². The second-order valence-electron chi connectivity index (χ2n) is 5.90. The molecule has 3 nitrogen and oxygen atoms in total. The van der Waals surface area contributed by atoms with Gasteiger partial charge in [-0.15, -0.1) is 0 Å². The van der Waals surface area contributed by atoms with Crippen LogP contribution in [-0.2, 0) is 0 Å². The number of nitrogens with two attached hydrogens (primary N) is 2. The minimum atomic E-state index is -0.815. The van der Waals surface area contributed by atoms with Crippen molar-refractivity contribution in [3.8, 4) is 0 Å². The zero-order valence-corrected chi connectivity index (χ0v) is 8.74. The molecule has 6 unspecified atom stereocenters. The summed E-state index contributed by atoms with van der Waals surface area (Å²) in [5.41, 5.74) is 10.7. The molecule has 3 heteroatoms. The molecule has 0 aromatic rings. The normalized spacial score (nSPS) is 65.1. The molecule has 0 aromatic heterocycles. The van der Waals surface area contributed by atoms with Gasteiger partial charge in [-0.25, -0.2) is 0 Å². The van der Waals surface area contributed by atoms with Gasteiger partial charge in [0, 0.05) is 12.1 Å². The smallest absolute Gasteiger partial charge is 0.0950 e. The lowest BCUT2D eigenvalue weighted by molar-refractivity contribution is -0.228. The Bertz CT molecular complexity index is 276. The van der Waals surface area contributed by atoms with Crippen molar-refractivity contribution in [3.05, 3.63) is 0 Å². The van der Waals surface area contributed by atoms with Gasteiger partial charge < -0.3 is 16.6 Å². The summed E-state index contributed by atoms with van der Waals surface area (Å²) in [5.74, 6) is 2.98. The first-order valence-electron chi connectivity index (χ1n) is 5.71. The van der Waals surface area contributed by atoms with Crippen LogP contribution in [0.25, 0.3) is 0 Å². The fourth-order valence-corrected chi connectivity index (χ4v) is 4.26. The van der Waals surface area contributed by atoms with Gasteiger partial charge >= 0.3 is 0 Å². The molecule has 6 atom stereocenters. The summed E-state index contributed by atoms with van der Waals surface area (Å²) in [6, 6.07) is 0. The van der Waals surface area contributed by atoms with Gasteiger partial charge in [-0.3, -0.25) is 0 Å². The molecule has 3 rings (SSSR count). The first kappa shape index (κ1) is 9.13. The quantitative estimate of drug-likeness (QED) is 0.555. The van der Waals surface area contributed by atoms with E-state index in [0.717, 1.165) is 18.3 Å². The first-order chi connectivity index (χ1) is 6.49. The third-order valence-corrected chi connectivity index (χ3v) is 5.43. The second-order valence-corrected chi connectivity index (χ2v) is 5.90. The van der Waals surface area contributed by atoms with Gasteiger partial charge in [0.2, 0.25) is 0 Å². The van der Waals surface area contributed by atoms with E-state index in [0.29, 0.717) is 18.4 Å². The number of aliphatic hydroxyl groups is 1. The highest BCUT2D eigenvalue weighted by atomic mass is 16.3. The molecule has 5 N–H and O–H groups in total. The summed E-state index contributed by atoms with van der Waals surface area (Å²) in [4.78, 5) is 0. The Kier molecular flexibility index (Phi) is 1.53. The lowest BCUT2D eigenvalue weighted by Crippen LogP contribution is -2.77. The minimum absolute atomic E-state index is 0.310. The Morgan fingerprint density at radius 2 is 2.07 bits per heavy atom. The van der Waals surface area contributed by atoms with Crippen LogP contribution in [0.15, 0.2) is 0 Å². The summed E-state index contributed by atoms with van der Waals surface area (Å²) in [7, 11) is 0. The lowest BCUT2D eigenvalue weighted by Gasteiger charge is -2.70. The Hall–Kier alpha value is -0.120. The van der Waals surface area contributed by atoms with Crippen LogP contribution < -0.4 is 11.5 Å². The molecule has 0 amide bonds. The molecule has 0 bridgehead atoms. The summed E-state index contributed by atoms with van der Waals surface area (Å²) in [6.07, 6.45) is 3.35. The minimum Gasteiger partial charge on any atom is -0.387 e. The summed E-state index contributed by atoms with van der Waals surface area (Å²) >= 11 is 0. The molecule has 0 spiro atoms. The van der Waals surface area contributed by atoms with Crippen molar-refractivity contribution in [2.24, 2.45) is 35.1 Å². The average Bonchev–Trinajstić information content (AvgIpc) is 2.08. The molecule has 0 heterocycles. The Morgan fingerprint density at radius 3 is 2.64 bits per heavy atom. The predicted octanol–water partition coefficient (Wildman–Crippen LogP) is 0.0695. The molecule has 0 aliphatic heterocycles. The van der Waals surface area contributed by atoms with E-state index in [1.165, 1.54) is 12.8 Å². The van der Waals surface area contributed by atoms with Crippen LogP contribution in [0.5, 0.6) is 0 Å². The van der Waals surface area contributed by atoms with Gasteiger partial charge in [-0.1, -0.05) is 0 Å². The van der Waals surface area contributed by atoms with Crippen LogP contribution in [0.4, 0.5) is 0 Å². The highest BCUT2D eigenvalue weighted by Gasteiger charge is 2.67. The number of hydrogen-bond acceptors (Lipinski definition) is 3. The first-order valence-corrected chi connectivity index (χ1v) is 5.71. The molecular weight excluding hydrogens is 176 g/mol. The van der Waals surface area contributed by atoms with Crippen molar-refractivity contribution in [2.75, 3.05) is 6.54 Å². The third-order valence-electron chi connectivity index (χ3n) is 5.43. The van der Waals surface area contributed by atoms with Crippen molar-refractivity contribution in [1.29, 1.82) is 0 Å². The van der Waals surface area contributed by atoms with E-state index < -0.39 is 11.1 Å². The monoisotopic (exact) mass is 196 g/mol. The standard InChI is InChI=1S/C11H20N2O/c1-10(13)8-3-6-2-7(9(6)8)4-11(10,14)5-12/h6-9,14H,2-5,12-13H2,1H3. The topological polar surface area (TPSA) is 72.3 Å². The van der Waals surface area contributed by atoms with Gasteiger partial charge in [-0.2, -0.15) is 0 Å². The van der Waals surface area contributed by atoms with Gasteiger partial charge in [-0.05, 0) is 49.9 Å². The van der Waals surface area contributed by atoms with E-state index in [1.54, 1.807) is 0 Å². The van der Waals surface area contributed by atoms with Gasteiger partial charge in [0.25, 0.3) is 0 Å². The molecule has 80 valence electrons. The summed E-state index contributed by atoms with van der Waals surface area (Å²) in [6.45, 7) is 2.31. The van der Waals surface area contributed by atoms with Gasteiger partial charge in [0.1, 0.15) is 0 Å². The molecule has 3 saturated carbocycles. The van der Waals surface area contributed by atoms with Crippen LogP contribution in [0, 0.1) is 23.7 Å². The fourth-order valence-electron chi connectivity index (χ4n) is 4.26. The molecule has 0 saturated heterocycles. The zero-order valence-electron chi connectivity index (χ0n) is 8.74. The molecule has 3 fully saturated rings. The van der Waals surface area contributed by atoms with Crippen molar-refractivity contribution >= 4 is 0 Å². The summed E-state index contributed by atoms with van der Waals surface area (Å²) in [5, 5.41) is 10.5. The van der Waals surface area contributed by atoms with E-state index >= 15 is 0 Å². The average molecular weight is 196 g/mol. The SMILES string of the molecule is CC1(N)C2CC3CC(CC1(O)CN)C32. The van der Waals surface area contributed by atoms with E-state index in [1.807, 2.05) is 6.92 Å². The van der Waals surface area contributed by atoms with Gasteiger partial charge in [0.15, 0.2) is 0 Å². The molecular formula is C11H20N2O. The Balaban J connectivity index is 1.94. The van der Waals surface area contributed by atoms with E-state index in [4.69, 9.17) is 11.5 Å². The van der Waals surface area contributed by atoms with Crippen molar-refractivity contribution in [1.82, 2.24) is 0 Å². The highest BCUT2D eigenvalue weighted by Crippen LogP contribution is 2.67. The highest BCUT2D eigenvalue weighted by molar-refractivity contribution is 5.21. The van der Waals surface area contributed by atoms with Crippen LogP contribution >= 0.6 is 0 Å². The maximum atomic E-state index is 10.5. The summed E-state index contributed by atoms with van der Waals surface area (Å²) < 4.78 is 0. The predicted molar refractivity (Wildman–Crippen MR) is 54.4 cm³/mol. The van der Waals surface area contributed by atoms with Crippen LogP contribution in [0.2, 0.25) is 0 Å². The lowest BCUT2D eigenvalue weighted by atomic mass is 9.37. The van der Waals surface area contributed by atoms with Crippen LogP contribution in [-0.4, -0.2) is 22.8 Å². The molecule has 14 heavy (non-hydrogen) atoms. The third kappa shape index (κ3) is 0.765. The molecule has 0 radical (unpaired) electrons. The van der Waals surface area contributed by atoms with E-state index in [2.05, 4.69) is 0 Å². The fraction of sp³-hybridized carbons (Fsp3) is 1.00. The Labute approximate surface area is 84.8 Å². The van der Waals surface area contributed by atoms with Crippen molar-refractivity contribution in [2.45, 2.75) is 37.3 Å².